The van der Waals surface area contributed by atoms with Crippen molar-refractivity contribution in [2.45, 2.75) is 12.0 Å². The lowest BCUT2D eigenvalue weighted by atomic mass is 9.98. The molecule has 8 heteroatoms. The van der Waals surface area contributed by atoms with Gasteiger partial charge in [-0.2, -0.15) is 0 Å². The lowest BCUT2D eigenvalue weighted by Gasteiger charge is -2.24. The summed E-state index contributed by atoms with van der Waals surface area (Å²) in [6, 6.07) is 19.1. The third-order valence-electron chi connectivity index (χ3n) is 4.96. The van der Waals surface area contributed by atoms with E-state index >= 15 is 0 Å². The maximum absolute atomic E-state index is 13.8. The Morgan fingerprint density at radius 1 is 1.00 bits per heavy atom. The van der Waals surface area contributed by atoms with Crippen LogP contribution in [0.1, 0.15) is 15.9 Å². The molecular weight excluding hydrogens is 434 g/mol. The van der Waals surface area contributed by atoms with E-state index in [0.717, 1.165) is 11.6 Å². The fourth-order valence-corrected chi connectivity index (χ4v) is 4.60. The molecule has 0 bridgehead atoms. The van der Waals surface area contributed by atoms with E-state index < -0.39 is 28.8 Å². The van der Waals surface area contributed by atoms with E-state index in [2.05, 4.69) is 5.48 Å². The predicted molar refractivity (Wildman–Crippen MR) is 118 cm³/mol. The zero-order chi connectivity index (χ0) is 22.5. The van der Waals surface area contributed by atoms with E-state index in [0.29, 0.717) is 17.9 Å². The molecule has 0 aliphatic carbocycles. The molecule has 164 valence electrons. The number of thioether (sulfide) groups is 1. The Hall–Kier alpha value is -3.23. The number of rotatable bonds is 6. The number of amides is 2. The van der Waals surface area contributed by atoms with Gasteiger partial charge in [0.25, 0.3) is 11.8 Å². The average Bonchev–Trinajstić information content (AvgIpc) is 3.29. The van der Waals surface area contributed by atoms with Crippen molar-refractivity contribution >= 4 is 23.6 Å². The number of hydrogen-bond donors (Lipinski definition) is 1. The molecule has 3 aromatic rings. The number of hydroxylamine groups is 1. The third kappa shape index (κ3) is 4.98. The number of carbonyl (C=O) groups is 2. The first-order valence-corrected chi connectivity index (χ1v) is 11.0. The molecule has 0 spiro atoms. The van der Waals surface area contributed by atoms with E-state index in [9.17, 15) is 18.4 Å². The van der Waals surface area contributed by atoms with Gasteiger partial charge in [0.15, 0.2) is 5.37 Å². The Morgan fingerprint density at radius 2 is 1.69 bits per heavy atom. The molecule has 32 heavy (non-hydrogen) atoms. The molecule has 0 radical (unpaired) electrons. The Kier molecular flexibility index (Phi) is 6.82. The molecule has 1 aliphatic rings. The monoisotopic (exact) mass is 454 g/mol. The maximum atomic E-state index is 13.8. The fraction of sp³-hybridized carbons (Fsp3) is 0.167. The summed E-state index contributed by atoms with van der Waals surface area (Å²) in [5.74, 6) is -1.71. The van der Waals surface area contributed by atoms with Crippen molar-refractivity contribution in [3.8, 4) is 11.1 Å². The van der Waals surface area contributed by atoms with Gasteiger partial charge in [-0.05, 0) is 34.9 Å². The standard InChI is InChI=1S/C24H20F2N2O3S/c25-18-12-17(13-19(26)14-18)20-8-4-5-9-21(20)23(30)28-10-11-32-24(28)22(29)27-31-15-16-6-2-1-3-7-16/h1-9,12-14,24H,10-11,15H2,(H,27,29). The van der Waals surface area contributed by atoms with Crippen molar-refractivity contribution in [3.05, 3.63) is 95.6 Å². The molecule has 2 amide bonds. The summed E-state index contributed by atoms with van der Waals surface area (Å²) in [5.41, 5.74) is 4.23. The highest BCUT2D eigenvalue weighted by Crippen LogP contribution is 2.30. The van der Waals surface area contributed by atoms with Crippen molar-refractivity contribution in [2.24, 2.45) is 0 Å². The molecule has 1 saturated heterocycles. The van der Waals surface area contributed by atoms with Crippen LogP contribution >= 0.6 is 11.8 Å². The van der Waals surface area contributed by atoms with Gasteiger partial charge < -0.3 is 4.90 Å². The summed E-state index contributed by atoms with van der Waals surface area (Å²) in [6.07, 6.45) is 0. The molecule has 1 N–H and O–H groups in total. The maximum Gasteiger partial charge on any atom is 0.276 e. The minimum absolute atomic E-state index is 0.200. The molecule has 0 saturated carbocycles. The number of nitrogens with zero attached hydrogens (tertiary/aromatic N) is 1. The quantitative estimate of drug-likeness (QED) is 0.561. The summed E-state index contributed by atoms with van der Waals surface area (Å²) in [6.45, 7) is 0.567. The second-order valence-corrected chi connectivity index (χ2v) is 8.35. The zero-order valence-electron chi connectivity index (χ0n) is 17.0. The zero-order valence-corrected chi connectivity index (χ0v) is 17.8. The largest absolute Gasteiger partial charge is 0.317 e. The van der Waals surface area contributed by atoms with Crippen LogP contribution in [-0.2, 0) is 16.2 Å². The van der Waals surface area contributed by atoms with Gasteiger partial charge in [0.1, 0.15) is 11.6 Å². The highest BCUT2D eigenvalue weighted by atomic mass is 32.2. The van der Waals surface area contributed by atoms with Crippen LogP contribution in [0.5, 0.6) is 0 Å². The fourth-order valence-electron chi connectivity index (χ4n) is 3.50. The summed E-state index contributed by atoms with van der Waals surface area (Å²) in [4.78, 5) is 32.8. The average molecular weight is 454 g/mol. The van der Waals surface area contributed by atoms with E-state index in [4.69, 9.17) is 4.84 Å². The van der Waals surface area contributed by atoms with Gasteiger partial charge >= 0.3 is 0 Å². The summed E-state index contributed by atoms with van der Waals surface area (Å²) >= 11 is 1.33. The molecule has 1 aliphatic heterocycles. The summed E-state index contributed by atoms with van der Waals surface area (Å²) < 4.78 is 27.5. The summed E-state index contributed by atoms with van der Waals surface area (Å²) in [5, 5.41) is -0.768. The smallest absolute Gasteiger partial charge is 0.276 e. The molecule has 1 unspecified atom stereocenters. The molecule has 1 fully saturated rings. The highest BCUT2D eigenvalue weighted by Gasteiger charge is 2.36. The molecule has 5 nitrogen and oxygen atoms in total. The highest BCUT2D eigenvalue weighted by molar-refractivity contribution is 8.00. The minimum Gasteiger partial charge on any atom is -0.317 e. The van der Waals surface area contributed by atoms with Crippen molar-refractivity contribution in [1.29, 1.82) is 0 Å². The predicted octanol–water partition coefficient (Wildman–Crippen LogP) is 4.39. The van der Waals surface area contributed by atoms with Crippen LogP contribution in [0.3, 0.4) is 0 Å². The Balaban J connectivity index is 1.50. The second kappa shape index (κ2) is 9.93. The third-order valence-corrected chi connectivity index (χ3v) is 6.16. The number of halogens is 2. The molecule has 3 aromatic carbocycles. The van der Waals surface area contributed by atoms with Crippen LogP contribution in [0.25, 0.3) is 11.1 Å². The molecule has 1 atom stereocenters. The molecule has 1 heterocycles. The first-order chi connectivity index (χ1) is 15.5. The topological polar surface area (TPSA) is 58.6 Å². The van der Waals surface area contributed by atoms with Gasteiger partial charge in [0, 0.05) is 23.9 Å². The Labute approximate surface area is 188 Å². The number of benzene rings is 3. The van der Waals surface area contributed by atoms with Crippen LogP contribution in [-0.4, -0.2) is 34.4 Å². The number of hydrogen-bond acceptors (Lipinski definition) is 4. The van der Waals surface area contributed by atoms with Crippen molar-refractivity contribution in [2.75, 3.05) is 12.3 Å². The molecule has 4 rings (SSSR count). The van der Waals surface area contributed by atoms with Crippen molar-refractivity contribution in [3.63, 3.8) is 0 Å². The van der Waals surface area contributed by atoms with Gasteiger partial charge in [0.05, 0.1) is 6.61 Å². The van der Waals surface area contributed by atoms with Gasteiger partial charge in [-0.1, -0.05) is 48.5 Å². The first kappa shape index (κ1) is 22.0. The molecular formula is C24H20F2N2O3S. The lowest BCUT2D eigenvalue weighted by molar-refractivity contribution is -0.136. The minimum atomic E-state index is -0.768. The Morgan fingerprint density at radius 3 is 2.44 bits per heavy atom. The van der Waals surface area contributed by atoms with Gasteiger partial charge in [-0.3, -0.25) is 14.4 Å². The second-order valence-electron chi connectivity index (χ2n) is 7.17. The van der Waals surface area contributed by atoms with E-state index in [1.54, 1.807) is 24.3 Å². The van der Waals surface area contributed by atoms with E-state index in [-0.39, 0.29) is 17.7 Å². The SMILES string of the molecule is O=C(NOCc1ccccc1)C1SCCN1C(=O)c1ccccc1-c1cc(F)cc(F)c1. The van der Waals surface area contributed by atoms with Crippen molar-refractivity contribution in [1.82, 2.24) is 10.4 Å². The van der Waals surface area contributed by atoms with Crippen LogP contribution in [0, 0.1) is 11.6 Å². The van der Waals surface area contributed by atoms with Crippen LogP contribution in [0.4, 0.5) is 8.78 Å². The van der Waals surface area contributed by atoms with E-state index in [1.165, 1.54) is 28.8 Å². The van der Waals surface area contributed by atoms with Crippen LogP contribution < -0.4 is 5.48 Å². The summed E-state index contributed by atoms with van der Waals surface area (Å²) in [7, 11) is 0. The van der Waals surface area contributed by atoms with Crippen LogP contribution in [0.15, 0.2) is 72.8 Å². The van der Waals surface area contributed by atoms with Gasteiger partial charge in [0.2, 0.25) is 0 Å². The Bertz CT molecular complexity index is 1110. The van der Waals surface area contributed by atoms with Crippen LogP contribution in [0.2, 0.25) is 0 Å². The first-order valence-electron chi connectivity index (χ1n) is 9.96. The lowest BCUT2D eigenvalue weighted by Crippen LogP contribution is -2.44. The van der Waals surface area contributed by atoms with Crippen molar-refractivity contribution < 1.29 is 23.2 Å². The van der Waals surface area contributed by atoms with Gasteiger partial charge in [-0.25, -0.2) is 14.3 Å². The molecule has 0 aromatic heterocycles. The number of carbonyl (C=O) groups excluding carboxylic acids is 2. The van der Waals surface area contributed by atoms with E-state index in [1.807, 2.05) is 30.3 Å². The van der Waals surface area contributed by atoms with Gasteiger partial charge in [-0.15, -0.1) is 11.8 Å². The normalized spacial score (nSPS) is 15.6. The number of nitrogens with one attached hydrogen (secondary N) is 1.